The number of thiazole rings is 1. The summed E-state index contributed by atoms with van der Waals surface area (Å²) in [6, 6.07) is 8.78. The van der Waals surface area contributed by atoms with Gasteiger partial charge in [0, 0.05) is 16.8 Å². The first-order valence-corrected chi connectivity index (χ1v) is 9.40. The van der Waals surface area contributed by atoms with E-state index in [1.54, 1.807) is 0 Å². The van der Waals surface area contributed by atoms with Crippen LogP contribution in [-0.4, -0.2) is 4.98 Å². The number of halogens is 1. The molecule has 0 radical (unpaired) electrons. The molecular formula is C18H25ClN2S. The van der Waals surface area contributed by atoms with E-state index >= 15 is 0 Å². The van der Waals surface area contributed by atoms with Gasteiger partial charge in [0.1, 0.15) is 0 Å². The van der Waals surface area contributed by atoms with Crippen LogP contribution < -0.4 is 5.32 Å². The molecule has 0 atom stereocenters. The fourth-order valence-corrected chi connectivity index (χ4v) is 3.37. The standard InChI is InChI=1S/C18H25ClN2S/c1-2-3-4-5-6-7-8-15-9-11-16(12-10-15)20-13-17-14-21-18(19)22-17/h9-12,14,20H,2-8,13H2,1H3. The Balaban J connectivity index is 1.66. The number of aryl methyl sites for hydroxylation is 1. The molecule has 1 aromatic heterocycles. The number of nitrogens with zero attached hydrogens (tertiary/aromatic N) is 1. The van der Waals surface area contributed by atoms with E-state index in [-0.39, 0.29) is 0 Å². The van der Waals surface area contributed by atoms with Crippen LogP contribution >= 0.6 is 22.9 Å². The van der Waals surface area contributed by atoms with Gasteiger partial charge in [0.05, 0.1) is 6.54 Å². The summed E-state index contributed by atoms with van der Waals surface area (Å²) in [5, 5.41) is 3.40. The molecule has 0 aliphatic heterocycles. The van der Waals surface area contributed by atoms with Crippen LogP contribution in [0, 0.1) is 0 Å². The molecule has 2 aromatic rings. The van der Waals surface area contributed by atoms with Gasteiger partial charge in [-0.3, -0.25) is 0 Å². The average molecular weight is 337 g/mol. The van der Waals surface area contributed by atoms with E-state index in [0.29, 0.717) is 4.47 Å². The molecule has 1 N–H and O–H groups in total. The van der Waals surface area contributed by atoms with Crippen LogP contribution in [0.4, 0.5) is 5.69 Å². The zero-order valence-corrected chi connectivity index (χ0v) is 14.8. The maximum Gasteiger partial charge on any atom is 0.183 e. The lowest BCUT2D eigenvalue weighted by Crippen LogP contribution is -1.97. The molecule has 0 fully saturated rings. The molecule has 0 spiro atoms. The molecular weight excluding hydrogens is 312 g/mol. The lowest BCUT2D eigenvalue weighted by molar-refractivity contribution is 0.607. The highest BCUT2D eigenvalue weighted by atomic mass is 35.5. The highest BCUT2D eigenvalue weighted by Gasteiger charge is 2.00. The van der Waals surface area contributed by atoms with Gasteiger partial charge in [-0.05, 0) is 30.5 Å². The normalized spacial score (nSPS) is 10.8. The summed E-state index contributed by atoms with van der Waals surface area (Å²) < 4.78 is 0.603. The van der Waals surface area contributed by atoms with Gasteiger partial charge in [-0.15, -0.1) is 11.3 Å². The molecule has 0 saturated heterocycles. The molecule has 0 aliphatic carbocycles. The Morgan fingerprint density at radius 1 is 1.05 bits per heavy atom. The van der Waals surface area contributed by atoms with Crippen LogP contribution in [-0.2, 0) is 13.0 Å². The SMILES string of the molecule is CCCCCCCCc1ccc(NCc2cnc(Cl)s2)cc1. The monoisotopic (exact) mass is 336 g/mol. The third-order valence-corrected chi connectivity index (χ3v) is 4.88. The van der Waals surface area contributed by atoms with Crippen LogP contribution in [0.15, 0.2) is 30.5 Å². The summed E-state index contributed by atoms with van der Waals surface area (Å²) in [5.41, 5.74) is 2.58. The first kappa shape index (κ1) is 17.3. The van der Waals surface area contributed by atoms with E-state index in [1.807, 2.05) is 6.20 Å². The molecule has 1 aromatic carbocycles. The molecule has 1 heterocycles. The minimum atomic E-state index is 0.603. The maximum atomic E-state index is 5.83. The lowest BCUT2D eigenvalue weighted by atomic mass is 10.0. The van der Waals surface area contributed by atoms with Crippen LogP contribution in [0.2, 0.25) is 4.47 Å². The van der Waals surface area contributed by atoms with Crippen molar-refractivity contribution in [3.63, 3.8) is 0 Å². The predicted molar refractivity (Wildman–Crippen MR) is 98.0 cm³/mol. The first-order chi connectivity index (χ1) is 10.8. The highest BCUT2D eigenvalue weighted by Crippen LogP contribution is 2.19. The minimum absolute atomic E-state index is 0.603. The number of rotatable bonds is 10. The van der Waals surface area contributed by atoms with Gasteiger partial charge < -0.3 is 5.32 Å². The molecule has 2 nitrogen and oxygen atoms in total. The fraction of sp³-hybridized carbons (Fsp3) is 0.500. The predicted octanol–water partition coefficient (Wildman–Crippen LogP) is 6.31. The summed E-state index contributed by atoms with van der Waals surface area (Å²) in [6.45, 7) is 3.04. The second-order valence-corrected chi connectivity index (χ2v) is 7.35. The molecule has 4 heteroatoms. The van der Waals surface area contributed by atoms with E-state index in [1.165, 1.54) is 61.8 Å². The third-order valence-electron chi connectivity index (χ3n) is 3.77. The van der Waals surface area contributed by atoms with Crippen molar-refractivity contribution in [3.8, 4) is 0 Å². The third kappa shape index (κ3) is 6.37. The van der Waals surface area contributed by atoms with E-state index in [2.05, 4.69) is 41.5 Å². The second-order valence-electron chi connectivity index (χ2n) is 5.65. The number of hydrogen-bond acceptors (Lipinski definition) is 3. The molecule has 22 heavy (non-hydrogen) atoms. The van der Waals surface area contributed by atoms with E-state index in [4.69, 9.17) is 11.6 Å². The Kier molecular flexibility index (Phi) is 7.75. The molecule has 0 aliphatic rings. The number of anilines is 1. The van der Waals surface area contributed by atoms with Crippen molar-refractivity contribution in [2.75, 3.05) is 5.32 Å². The van der Waals surface area contributed by atoms with Gasteiger partial charge in [-0.1, -0.05) is 62.8 Å². The molecule has 0 unspecified atom stereocenters. The molecule has 0 saturated carbocycles. The van der Waals surface area contributed by atoms with Crippen molar-refractivity contribution in [3.05, 3.63) is 45.4 Å². The Labute approximate surface area is 142 Å². The smallest absolute Gasteiger partial charge is 0.183 e. The summed E-state index contributed by atoms with van der Waals surface area (Å²) in [6.07, 6.45) is 11.1. The van der Waals surface area contributed by atoms with Gasteiger partial charge in [0.15, 0.2) is 4.47 Å². The van der Waals surface area contributed by atoms with Crippen molar-refractivity contribution >= 4 is 28.6 Å². The van der Waals surface area contributed by atoms with Gasteiger partial charge >= 0.3 is 0 Å². The summed E-state index contributed by atoms with van der Waals surface area (Å²) >= 11 is 7.35. The Morgan fingerprint density at radius 2 is 1.77 bits per heavy atom. The van der Waals surface area contributed by atoms with Gasteiger partial charge in [-0.25, -0.2) is 4.98 Å². The van der Waals surface area contributed by atoms with Gasteiger partial charge in [0.2, 0.25) is 0 Å². The fourth-order valence-electron chi connectivity index (χ4n) is 2.45. The van der Waals surface area contributed by atoms with E-state index < -0.39 is 0 Å². The van der Waals surface area contributed by atoms with Gasteiger partial charge in [-0.2, -0.15) is 0 Å². The van der Waals surface area contributed by atoms with Crippen molar-refractivity contribution in [1.82, 2.24) is 4.98 Å². The van der Waals surface area contributed by atoms with E-state index in [0.717, 1.165) is 17.1 Å². The van der Waals surface area contributed by atoms with Crippen LogP contribution in [0.3, 0.4) is 0 Å². The van der Waals surface area contributed by atoms with Crippen molar-refractivity contribution in [2.45, 2.75) is 58.4 Å². The highest BCUT2D eigenvalue weighted by molar-refractivity contribution is 7.15. The Hall–Kier alpha value is -1.06. The van der Waals surface area contributed by atoms with Crippen LogP contribution in [0.5, 0.6) is 0 Å². The molecule has 0 bridgehead atoms. The average Bonchev–Trinajstić information content (AvgIpc) is 2.95. The maximum absolute atomic E-state index is 5.83. The zero-order chi connectivity index (χ0) is 15.6. The van der Waals surface area contributed by atoms with Crippen molar-refractivity contribution in [1.29, 1.82) is 0 Å². The van der Waals surface area contributed by atoms with E-state index in [9.17, 15) is 0 Å². The topological polar surface area (TPSA) is 24.9 Å². The minimum Gasteiger partial charge on any atom is -0.380 e. The number of benzene rings is 1. The summed E-state index contributed by atoms with van der Waals surface area (Å²) in [4.78, 5) is 5.20. The number of nitrogens with one attached hydrogen (secondary N) is 1. The van der Waals surface area contributed by atoms with Crippen molar-refractivity contribution < 1.29 is 0 Å². The van der Waals surface area contributed by atoms with Crippen LogP contribution in [0.25, 0.3) is 0 Å². The van der Waals surface area contributed by atoms with Gasteiger partial charge in [0.25, 0.3) is 0 Å². The second kappa shape index (κ2) is 9.86. The van der Waals surface area contributed by atoms with Crippen LogP contribution in [0.1, 0.15) is 55.9 Å². The number of aromatic nitrogens is 1. The molecule has 2 rings (SSSR count). The summed E-state index contributed by atoms with van der Waals surface area (Å²) in [7, 11) is 0. The number of hydrogen-bond donors (Lipinski definition) is 1. The van der Waals surface area contributed by atoms with Crippen molar-refractivity contribution in [2.24, 2.45) is 0 Å². The number of unbranched alkanes of at least 4 members (excludes halogenated alkanes) is 5. The Bertz CT molecular complexity index is 536. The Morgan fingerprint density at radius 3 is 2.45 bits per heavy atom. The summed E-state index contributed by atoms with van der Waals surface area (Å²) in [5.74, 6) is 0. The quantitative estimate of drug-likeness (QED) is 0.514. The lowest BCUT2D eigenvalue weighted by Gasteiger charge is -2.06. The largest absolute Gasteiger partial charge is 0.380 e. The zero-order valence-electron chi connectivity index (χ0n) is 13.3. The molecule has 120 valence electrons. The molecule has 0 amide bonds. The first-order valence-electron chi connectivity index (χ1n) is 8.21.